The van der Waals surface area contributed by atoms with Gasteiger partial charge in [0.05, 0.1) is 6.07 Å². The summed E-state index contributed by atoms with van der Waals surface area (Å²) in [5.41, 5.74) is 5.39. The van der Waals surface area contributed by atoms with Gasteiger partial charge in [0.2, 0.25) is 0 Å². The van der Waals surface area contributed by atoms with E-state index in [1.54, 1.807) is 0 Å². The molecule has 0 fully saturated rings. The highest BCUT2D eigenvalue weighted by molar-refractivity contribution is 7.10. The fourth-order valence-electron chi connectivity index (χ4n) is 0.532. The van der Waals surface area contributed by atoms with Gasteiger partial charge >= 0.3 is 0 Å². The Morgan fingerprint density at radius 3 is 3.00 bits per heavy atom. The smallest absolute Gasteiger partial charge is 0.128 e. The molecule has 9 heavy (non-hydrogen) atoms. The molecule has 1 heterocycles. The molecule has 2 nitrogen and oxygen atoms in total. The van der Waals surface area contributed by atoms with Crippen LogP contribution in [0.2, 0.25) is 0 Å². The zero-order chi connectivity index (χ0) is 6.69. The molecular weight excluding hydrogens is 132 g/mol. The summed E-state index contributed by atoms with van der Waals surface area (Å²) in [6, 6.07) is 5.26. The molecule has 0 radical (unpaired) electrons. The van der Waals surface area contributed by atoms with Gasteiger partial charge in [-0.2, -0.15) is 5.26 Å². The Labute approximate surface area is 57.5 Å². The summed E-state index contributed by atoms with van der Waals surface area (Å²) in [7, 11) is 0. The molecule has 1 atom stereocenters. The van der Waals surface area contributed by atoms with E-state index in [9.17, 15) is 0 Å². The fraction of sp³-hybridized carbons (Fsp3) is 0.167. The Hall–Kier alpha value is -0.850. The SMILES string of the molecule is N#CC(N)c1cccs1. The monoisotopic (exact) mass is 138 g/mol. The largest absolute Gasteiger partial charge is 0.312 e. The minimum atomic E-state index is -0.440. The summed E-state index contributed by atoms with van der Waals surface area (Å²) in [6.45, 7) is 0. The van der Waals surface area contributed by atoms with E-state index in [1.807, 2.05) is 23.6 Å². The molecule has 0 bridgehead atoms. The van der Waals surface area contributed by atoms with Crippen LogP contribution in [0.3, 0.4) is 0 Å². The zero-order valence-electron chi connectivity index (χ0n) is 4.74. The van der Waals surface area contributed by atoms with Crippen LogP contribution in [0.25, 0.3) is 0 Å². The Balaban J connectivity index is 2.80. The first-order valence-electron chi connectivity index (χ1n) is 2.53. The minimum Gasteiger partial charge on any atom is -0.312 e. The molecule has 0 amide bonds. The van der Waals surface area contributed by atoms with Crippen LogP contribution in [0, 0.1) is 11.3 Å². The van der Waals surface area contributed by atoms with Crippen molar-refractivity contribution in [1.82, 2.24) is 0 Å². The molecule has 0 aliphatic heterocycles. The maximum atomic E-state index is 8.34. The molecule has 1 aromatic rings. The van der Waals surface area contributed by atoms with Crippen molar-refractivity contribution in [3.8, 4) is 6.07 Å². The summed E-state index contributed by atoms with van der Waals surface area (Å²) in [6.07, 6.45) is 0. The Kier molecular flexibility index (Phi) is 1.83. The summed E-state index contributed by atoms with van der Waals surface area (Å²) in [5, 5.41) is 10.2. The van der Waals surface area contributed by atoms with Crippen LogP contribution in [-0.2, 0) is 0 Å². The van der Waals surface area contributed by atoms with Crippen molar-refractivity contribution in [3.63, 3.8) is 0 Å². The highest BCUT2D eigenvalue weighted by Gasteiger charge is 2.02. The van der Waals surface area contributed by atoms with E-state index >= 15 is 0 Å². The summed E-state index contributed by atoms with van der Waals surface area (Å²) >= 11 is 1.51. The standard InChI is InChI=1S/C6H6N2S/c7-4-5(8)6-2-1-3-9-6/h1-3,5H,8H2. The van der Waals surface area contributed by atoms with Crippen molar-refractivity contribution in [3.05, 3.63) is 22.4 Å². The minimum absolute atomic E-state index is 0.440. The van der Waals surface area contributed by atoms with Gasteiger partial charge in [0.1, 0.15) is 6.04 Å². The quantitative estimate of drug-likeness (QED) is 0.635. The van der Waals surface area contributed by atoms with Crippen molar-refractivity contribution >= 4 is 11.3 Å². The molecule has 0 saturated carbocycles. The summed E-state index contributed by atoms with van der Waals surface area (Å²) in [5.74, 6) is 0. The van der Waals surface area contributed by atoms with Crippen molar-refractivity contribution in [1.29, 1.82) is 5.26 Å². The average molecular weight is 138 g/mol. The third kappa shape index (κ3) is 1.28. The number of nitriles is 1. The molecule has 1 aromatic heterocycles. The second kappa shape index (κ2) is 2.62. The third-order valence-corrected chi connectivity index (χ3v) is 1.94. The molecule has 1 unspecified atom stereocenters. The van der Waals surface area contributed by atoms with Gasteiger partial charge in [-0.15, -0.1) is 11.3 Å². The lowest BCUT2D eigenvalue weighted by molar-refractivity contribution is 0.951. The molecule has 0 aliphatic carbocycles. The van der Waals surface area contributed by atoms with Crippen LogP contribution < -0.4 is 5.73 Å². The predicted molar refractivity (Wildman–Crippen MR) is 36.9 cm³/mol. The fourth-order valence-corrected chi connectivity index (χ4v) is 1.20. The number of thiophene rings is 1. The Morgan fingerprint density at radius 1 is 1.78 bits per heavy atom. The molecule has 0 saturated heterocycles. The van der Waals surface area contributed by atoms with Crippen LogP contribution in [-0.4, -0.2) is 0 Å². The van der Waals surface area contributed by atoms with Crippen molar-refractivity contribution in [2.75, 3.05) is 0 Å². The van der Waals surface area contributed by atoms with Crippen LogP contribution in [0.1, 0.15) is 10.9 Å². The van der Waals surface area contributed by atoms with Crippen molar-refractivity contribution in [2.45, 2.75) is 6.04 Å². The molecule has 0 aliphatic rings. The van der Waals surface area contributed by atoms with Gasteiger partial charge in [-0.1, -0.05) is 6.07 Å². The van der Waals surface area contributed by atoms with Crippen molar-refractivity contribution < 1.29 is 0 Å². The molecular formula is C6H6N2S. The van der Waals surface area contributed by atoms with Gasteiger partial charge in [-0.25, -0.2) is 0 Å². The van der Waals surface area contributed by atoms with E-state index in [-0.39, 0.29) is 0 Å². The Bertz CT molecular complexity index is 209. The van der Waals surface area contributed by atoms with Crippen LogP contribution in [0.4, 0.5) is 0 Å². The van der Waals surface area contributed by atoms with E-state index in [0.717, 1.165) is 4.88 Å². The van der Waals surface area contributed by atoms with Gasteiger partial charge in [-0.05, 0) is 11.4 Å². The lowest BCUT2D eigenvalue weighted by Gasteiger charge is -1.93. The van der Waals surface area contributed by atoms with E-state index in [4.69, 9.17) is 11.0 Å². The zero-order valence-corrected chi connectivity index (χ0v) is 5.56. The van der Waals surface area contributed by atoms with Gasteiger partial charge in [0.15, 0.2) is 0 Å². The lowest BCUT2D eigenvalue weighted by Crippen LogP contribution is -2.04. The highest BCUT2D eigenvalue weighted by atomic mass is 32.1. The number of nitrogens with two attached hydrogens (primary N) is 1. The van der Waals surface area contributed by atoms with Crippen LogP contribution >= 0.6 is 11.3 Å². The first kappa shape index (κ1) is 6.27. The van der Waals surface area contributed by atoms with Gasteiger partial charge in [0, 0.05) is 4.88 Å². The molecule has 1 rings (SSSR count). The predicted octanol–water partition coefficient (Wildman–Crippen LogP) is 1.27. The van der Waals surface area contributed by atoms with E-state index in [2.05, 4.69) is 0 Å². The normalized spacial score (nSPS) is 12.4. The topological polar surface area (TPSA) is 49.8 Å². The summed E-state index contributed by atoms with van der Waals surface area (Å²) < 4.78 is 0. The van der Waals surface area contributed by atoms with E-state index < -0.39 is 6.04 Å². The number of rotatable bonds is 1. The molecule has 0 spiro atoms. The maximum absolute atomic E-state index is 8.34. The van der Waals surface area contributed by atoms with E-state index in [0.29, 0.717) is 0 Å². The maximum Gasteiger partial charge on any atom is 0.128 e. The average Bonchev–Trinajstić information content (AvgIpc) is 2.37. The number of hydrogen-bond donors (Lipinski definition) is 1. The molecule has 46 valence electrons. The first-order chi connectivity index (χ1) is 4.34. The summed E-state index contributed by atoms with van der Waals surface area (Å²) in [4.78, 5) is 0.928. The van der Waals surface area contributed by atoms with Gasteiger partial charge < -0.3 is 5.73 Å². The van der Waals surface area contributed by atoms with Crippen LogP contribution in [0.15, 0.2) is 17.5 Å². The van der Waals surface area contributed by atoms with Crippen molar-refractivity contribution in [2.24, 2.45) is 5.73 Å². The number of hydrogen-bond acceptors (Lipinski definition) is 3. The second-order valence-electron chi connectivity index (χ2n) is 1.62. The number of nitrogens with zero attached hydrogens (tertiary/aromatic N) is 1. The molecule has 3 heteroatoms. The first-order valence-corrected chi connectivity index (χ1v) is 3.41. The van der Waals surface area contributed by atoms with Gasteiger partial charge in [-0.3, -0.25) is 0 Å². The van der Waals surface area contributed by atoms with Gasteiger partial charge in [0.25, 0.3) is 0 Å². The van der Waals surface area contributed by atoms with E-state index in [1.165, 1.54) is 11.3 Å². The third-order valence-electron chi connectivity index (χ3n) is 0.989. The lowest BCUT2D eigenvalue weighted by atomic mass is 10.3. The van der Waals surface area contributed by atoms with Crippen LogP contribution in [0.5, 0.6) is 0 Å². The highest BCUT2D eigenvalue weighted by Crippen LogP contribution is 2.14. The Morgan fingerprint density at radius 2 is 2.56 bits per heavy atom. The second-order valence-corrected chi connectivity index (χ2v) is 2.60. The molecule has 2 N–H and O–H groups in total. The molecule has 0 aromatic carbocycles.